The lowest BCUT2D eigenvalue weighted by Crippen LogP contribution is -2.34. The Labute approximate surface area is 131 Å². The lowest BCUT2D eigenvalue weighted by Gasteiger charge is -2.20. The third-order valence-electron chi connectivity index (χ3n) is 3.17. The molecule has 0 aliphatic carbocycles. The quantitative estimate of drug-likeness (QED) is 0.922. The first-order chi connectivity index (χ1) is 9.74. The van der Waals surface area contributed by atoms with E-state index in [9.17, 15) is 0 Å². The summed E-state index contributed by atoms with van der Waals surface area (Å²) in [5, 5.41) is 8.79. The molecule has 116 valence electrons. The Balaban J connectivity index is 2.03. The highest BCUT2D eigenvalue weighted by molar-refractivity contribution is 7.15. The minimum atomic E-state index is 0.123. The first kappa shape index (κ1) is 16.0. The van der Waals surface area contributed by atoms with Crippen LogP contribution in [0.4, 0.5) is 5.13 Å². The van der Waals surface area contributed by atoms with Crippen LogP contribution in [0.25, 0.3) is 0 Å². The lowest BCUT2D eigenvalue weighted by molar-refractivity contribution is 0.425. The molecule has 6 heteroatoms. The summed E-state index contributed by atoms with van der Waals surface area (Å²) in [4.78, 5) is 8.17. The van der Waals surface area contributed by atoms with E-state index in [-0.39, 0.29) is 5.54 Å². The Morgan fingerprint density at radius 2 is 2.10 bits per heavy atom. The summed E-state index contributed by atoms with van der Waals surface area (Å²) in [5.74, 6) is 0. The van der Waals surface area contributed by atoms with Crippen molar-refractivity contribution in [2.24, 2.45) is 7.05 Å². The van der Waals surface area contributed by atoms with Crippen molar-refractivity contribution in [1.82, 2.24) is 20.1 Å². The number of nitrogens with zero attached hydrogens (tertiary/aromatic N) is 4. The van der Waals surface area contributed by atoms with Gasteiger partial charge in [0.2, 0.25) is 0 Å². The summed E-state index contributed by atoms with van der Waals surface area (Å²) >= 11 is 1.76. The van der Waals surface area contributed by atoms with E-state index in [4.69, 9.17) is 4.98 Å². The van der Waals surface area contributed by atoms with E-state index < -0.39 is 0 Å². The van der Waals surface area contributed by atoms with Gasteiger partial charge in [-0.15, -0.1) is 11.3 Å². The van der Waals surface area contributed by atoms with Crippen molar-refractivity contribution in [1.29, 1.82) is 0 Å². The van der Waals surface area contributed by atoms with Crippen molar-refractivity contribution < 1.29 is 0 Å². The zero-order chi connectivity index (χ0) is 15.6. The van der Waals surface area contributed by atoms with Crippen LogP contribution in [0.15, 0.2) is 12.4 Å². The van der Waals surface area contributed by atoms with Crippen LogP contribution in [0, 0.1) is 6.92 Å². The minimum Gasteiger partial charge on any atom is -0.347 e. The van der Waals surface area contributed by atoms with Crippen molar-refractivity contribution >= 4 is 16.5 Å². The van der Waals surface area contributed by atoms with Gasteiger partial charge in [-0.3, -0.25) is 4.68 Å². The summed E-state index contributed by atoms with van der Waals surface area (Å²) in [5.41, 5.74) is 2.44. The predicted molar refractivity (Wildman–Crippen MR) is 88.8 cm³/mol. The van der Waals surface area contributed by atoms with Gasteiger partial charge in [0.25, 0.3) is 0 Å². The summed E-state index contributed by atoms with van der Waals surface area (Å²) in [7, 11) is 4.01. The van der Waals surface area contributed by atoms with Crippen LogP contribution in [0.3, 0.4) is 0 Å². The molecule has 0 unspecified atom stereocenters. The summed E-state index contributed by atoms with van der Waals surface area (Å²) in [6.07, 6.45) is 3.94. The molecule has 0 atom stereocenters. The molecule has 2 aromatic heterocycles. The lowest BCUT2D eigenvalue weighted by atomic mass is 10.1. The number of nitrogens with one attached hydrogen (secondary N) is 1. The second-order valence-corrected chi connectivity index (χ2v) is 7.55. The number of thiazole rings is 1. The molecule has 1 N–H and O–H groups in total. The smallest absolute Gasteiger partial charge is 0.185 e. The van der Waals surface area contributed by atoms with E-state index in [1.165, 1.54) is 10.4 Å². The van der Waals surface area contributed by atoms with Crippen LogP contribution in [-0.4, -0.2) is 27.4 Å². The van der Waals surface area contributed by atoms with Gasteiger partial charge in [0.15, 0.2) is 5.13 Å². The molecule has 0 amide bonds. The molecule has 2 rings (SSSR count). The molecule has 0 aromatic carbocycles. The van der Waals surface area contributed by atoms with Crippen molar-refractivity contribution in [2.75, 3.05) is 11.9 Å². The Morgan fingerprint density at radius 1 is 1.38 bits per heavy atom. The molecule has 5 nitrogen and oxygen atoms in total. The van der Waals surface area contributed by atoms with Gasteiger partial charge in [0.05, 0.1) is 11.9 Å². The van der Waals surface area contributed by atoms with Crippen LogP contribution in [-0.2, 0) is 20.1 Å². The van der Waals surface area contributed by atoms with Crippen molar-refractivity contribution in [2.45, 2.75) is 46.3 Å². The van der Waals surface area contributed by atoms with Crippen LogP contribution >= 0.6 is 11.3 Å². The molecule has 0 aliphatic rings. The van der Waals surface area contributed by atoms with E-state index in [0.717, 1.165) is 23.9 Å². The standard InChI is InChI=1S/C15H25N5S/c1-11-13(8-16-15(2,3)4)21-14(18-11)19(5)9-12-7-17-20(6)10-12/h7,10,16H,8-9H2,1-6H3. The molecule has 0 radical (unpaired) electrons. The Kier molecular flexibility index (Phi) is 4.68. The number of anilines is 1. The van der Waals surface area contributed by atoms with E-state index in [2.05, 4.69) is 50.1 Å². The number of hydrogen-bond acceptors (Lipinski definition) is 5. The molecule has 0 saturated carbocycles. The summed E-state index contributed by atoms with van der Waals surface area (Å²) in [6, 6.07) is 0. The second kappa shape index (κ2) is 6.15. The number of hydrogen-bond donors (Lipinski definition) is 1. The number of aryl methyl sites for hydroxylation is 2. The highest BCUT2D eigenvalue weighted by Crippen LogP contribution is 2.26. The first-order valence-electron chi connectivity index (χ1n) is 7.14. The van der Waals surface area contributed by atoms with Gasteiger partial charge in [0, 0.05) is 49.4 Å². The fraction of sp³-hybridized carbons (Fsp3) is 0.600. The SMILES string of the molecule is Cc1nc(N(C)Cc2cnn(C)c2)sc1CNC(C)(C)C. The van der Waals surface area contributed by atoms with Crippen molar-refractivity contribution in [3.63, 3.8) is 0 Å². The molecule has 0 saturated heterocycles. The summed E-state index contributed by atoms with van der Waals surface area (Å²) < 4.78 is 1.83. The maximum absolute atomic E-state index is 4.69. The molecule has 0 fully saturated rings. The average Bonchev–Trinajstić information content (AvgIpc) is 2.92. The van der Waals surface area contributed by atoms with Gasteiger partial charge in [-0.2, -0.15) is 5.10 Å². The predicted octanol–water partition coefficient (Wildman–Crippen LogP) is 2.71. The van der Waals surface area contributed by atoms with Gasteiger partial charge in [-0.25, -0.2) is 4.98 Å². The van der Waals surface area contributed by atoms with E-state index in [0.29, 0.717) is 0 Å². The third kappa shape index (κ3) is 4.54. The van der Waals surface area contributed by atoms with Gasteiger partial charge in [-0.05, 0) is 27.7 Å². The third-order valence-corrected chi connectivity index (χ3v) is 4.44. The van der Waals surface area contributed by atoms with Crippen LogP contribution in [0.2, 0.25) is 0 Å². The Hall–Kier alpha value is -1.40. The highest BCUT2D eigenvalue weighted by atomic mass is 32.1. The monoisotopic (exact) mass is 307 g/mol. The molecule has 0 aliphatic heterocycles. The first-order valence-corrected chi connectivity index (χ1v) is 7.96. The zero-order valence-electron chi connectivity index (χ0n) is 13.8. The highest BCUT2D eigenvalue weighted by Gasteiger charge is 2.15. The van der Waals surface area contributed by atoms with Gasteiger partial charge in [-0.1, -0.05) is 0 Å². The van der Waals surface area contributed by atoms with Gasteiger partial charge >= 0.3 is 0 Å². The molecule has 0 bridgehead atoms. The molecule has 0 spiro atoms. The maximum Gasteiger partial charge on any atom is 0.185 e. The van der Waals surface area contributed by atoms with Gasteiger partial charge in [0.1, 0.15) is 0 Å². The van der Waals surface area contributed by atoms with Crippen molar-refractivity contribution in [3.05, 3.63) is 28.5 Å². The normalized spacial score (nSPS) is 11.9. The minimum absolute atomic E-state index is 0.123. The maximum atomic E-state index is 4.69. The average molecular weight is 307 g/mol. The largest absolute Gasteiger partial charge is 0.347 e. The van der Waals surface area contributed by atoms with E-state index in [1.54, 1.807) is 11.3 Å². The van der Waals surface area contributed by atoms with Crippen LogP contribution < -0.4 is 10.2 Å². The Morgan fingerprint density at radius 3 is 2.67 bits per heavy atom. The van der Waals surface area contributed by atoms with E-state index in [1.807, 2.05) is 24.1 Å². The molecule has 2 heterocycles. The fourth-order valence-electron chi connectivity index (χ4n) is 1.98. The molecule has 2 aromatic rings. The Bertz CT molecular complexity index is 593. The van der Waals surface area contributed by atoms with Crippen LogP contribution in [0.5, 0.6) is 0 Å². The summed E-state index contributed by atoms with van der Waals surface area (Å²) in [6.45, 7) is 10.3. The van der Waals surface area contributed by atoms with Crippen LogP contribution in [0.1, 0.15) is 36.9 Å². The topological polar surface area (TPSA) is 46.0 Å². The van der Waals surface area contributed by atoms with Gasteiger partial charge < -0.3 is 10.2 Å². The van der Waals surface area contributed by atoms with Crippen molar-refractivity contribution in [3.8, 4) is 0 Å². The number of rotatable bonds is 5. The zero-order valence-corrected chi connectivity index (χ0v) is 14.6. The number of aromatic nitrogens is 3. The second-order valence-electron chi connectivity index (χ2n) is 6.49. The molecule has 21 heavy (non-hydrogen) atoms. The molecular formula is C15H25N5S. The fourth-order valence-corrected chi connectivity index (χ4v) is 2.94. The van der Waals surface area contributed by atoms with E-state index >= 15 is 0 Å². The molecular weight excluding hydrogens is 282 g/mol.